The van der Waals surface area contributed by atoms with E-state index in [1.165, 1.54) is 41.5 Å². The maximum Gasteiger partial charge on any atom is 0.305 e. The van der Waals surface area contributed by atoms with Crippen molar-refractivity contribution in [2.24, 2.45) is 0 Å². The highest BCUT2D eigenvalue weighted by molar-refractivity contribution is 5.68. The zero-order chi connectivity index (χ0) is 14.7. The summed E-state index contributed by atoms with van der Waals surface area (Å²) in [6, 6.07) is 4.36. The van der Waals surface area contributed by atoms with Crippen molar-refractivity contribution in [3.05, 3.63) is 34.4 Å². The third-order valence-corrected chi connectivity index (χ3v) is 4.27. The summed E-state index contributed by atoms with van der Waals surface area (Å²) in [5.74, 6) is -0.708. The Morgan fingerprint density at radius 2 is 1.70 bits per heavy atom. The number of hydrogen-bond acceptors (Lipinski definition) is 2. The molecular formula is C17H25NO2. The largest absolute Gasteiger partial charge is 0.481 e. The Bertz CT molecular complexity index is 467. The lowest BCUT2D eigenvalue weighted by Crippen LogP contribution is -2.35. The number of piperidine rings is 1. The van der Waals surface area contributed by atoms with Crippen molar-refractivity contribution in [1.29, 1.82) is 0 Å². The van der Waals surface area contributed by atoms with Gasteiger partial charge in [-0.25, -0.2) is 0 Å². The monoisotopic (exact) mass is 275 g/mol. The number of carbonyl (C=O) groups is 1. The first-order valence-electron chi connectivity index (χ1n) is 7.52. The molecule has 1 heterocycles. The second kappa shape index (κ2) is 6.40. The van der Waals surface area contributed by atoms with Crippen LogP contribution in [0.25, 0.3) is 0 Å². The van der Waals surface area contributed by atoms with Gasteiger partial charge in [-0.05, 0) is 63.4 Å². The Balaban J connectivity index is 2.37. The van der Waals surface area contributed by atoms with E-state index in [4.69, 9.17) is 0 Å². The van der Waals surface area contributed by atoms with E-state index in [1.807, 2.05) is 0 Å². The highest BCUT2D eigenvalue weighted by Crippen LogP contribution is 2.32. The van der Waals surface area contributed by atoms with E-state index in [9.17, 15) is 9.90 Å². The highest BCUT2D eigenvalue weighted by atomic mass is 16.4. The number of aliphatic carboxylic acids is 1. The third kappa shape index (κ3) is 3.40. The molecule has 2 rings (SSSR count). The van der Waals surface area contributed by atoms with Crippen LogP contribution in [0.2, 0.25) is 0 Å². The van der Waals surface area contributed by atoms with Crippen LogP contribution in [0, 0.1) is 20.8 Å². The molecule has 1 aliphatic rings. The van der Waals surface area contributed by atoms with E-state index in [0.717, 1.165) is 13.1 Å². The van der Waals surface area contributed by atoms with Gasteiger partial charge in [0.2, 0.25) is 0 Å². The van der Waals surface area contributed by atoms with Crippen molar-refractivity contribution in [2.75, 3.05) is 13.1 Å². The van der Waals surface area contributed by atoms with Crippen LogP contribution in [0.3, 0.4) is 0 Å². The second-order valence-electron chi connectivity index (χ2n) is 6.02. The van der Waals surface area contributed by atoms with Gasteiger partial charge in [-0.15, -0.1) is 0 Å². The van der Waals surface area contributed by atoms with Gasteiger partial charge >= 0.3 is 5.97 Å². The third-order valence-electron chi connectivity index (χ3n) is 4.27. The zero-order valence-electron chi connectivity index (χ0n) is 12.8. The van der Waals surface area contributed by atoms with Crippen LogP contribution in [-0.2, 0) is 4.79 Å². The lowest BCUT2D eigenvalue weighted by molar-refractivity contribution is -0.138. The molecule has 0 aliphatic carbocycles. The molecule has 0 saturated carbocycles. The smallest absolute Gasteiger partial charge is 0.305 e. The molecule has 3 nitrogen and oxygen atoms in total. The average Bonchev–Trinajstić information content (AvgIpc) is 2.37. The van der Waals surface area contributed by atoms with Gasteiger partial charge in [-0.2, -0.15) is 0 Å². The van der Waals surface area contributed by atoms with Gasteiger partial charge < -0.3 is 5.11 Å². The van der Waals surface area contributed by atoms with Gasteiger partial charge in [0, 0.05) is 6.04 Å². The van der Waals surface area contributed by atoms with E-state index in [2.05, 4.69) is 37.8 Å². The molecule has 0 radical (unpaired) electrons. The summed E-state index contributed by atoms with van der Waals surface area (Å²) in [5.41, 5.74) is 4.91. The van der Waals surface area contributed by atoms with Crippen LogP contribution in [0.4, 0.5) is 0 Å². The first-order valence-corrected chi connectivity index (χ1v) is 7.52. The molecule has 1 aliphatic heterocycles. The lowest BCUT2D eigenvalue weighted by atomic mass is 9.90. The van der Waals surface area contributed by atoms with Crippen LogP contribution < -0.4 is 0 Å². The number of carboxylic acid groups (broad SMARTS) is 1. The van der Waals surface area contributed by atoms with Crippen LogP contribution in [-0.4, -0.2) is 29.1 Å². The molecule has 1 saturated heterocycles. The van der Waals surface area contributed by atoms with Gasteiger partial charge in [0.1, 0.15) is 0 Å². The molecule has 1 fully saturated rings. The number of rotatable bonds is 4. The topological polar surface area (TPSA) is 40.5 Å². The van der Waals surface area contributed by atoms with Gasteiger partial charge in [0.15, 0.2) is 0 Å². The molecule has 1 aromatic rings. The van der Waals surface area contributed by atoms with Crippen molar-refractivity contribution in [3.8, 4) is 0 Å². The zero-order valence-corrected chi connectivity index (χ0v) is 12.8. The minimum Gasteiger partial charge on any atom is -0.481 e. The molecular weight excluding hydrogens is 250 g/mol. The number of benzene rings is 1. The summed E-state index contributed by atoms with van der Waals surface area (Å²) in [7, 11) is 0. The van der Waals surface area contributed by atoms with Gasteiger partial charge in [-0.3, -0.25) is 9.69 Å². The van der Waals surface area contributed by atoms with Crippen LogP contribution in [0.15, 0.2) is 12.1 Å². The van der Waals surface area contributed by atoms with E-state index < -0.39 is 5.97 Å². The average molecular weight is 275 g/mol. The van der Waals surface area contributed by atoms with Crippen molar-refractivity contribution in [3.63, 3.8) is 0 Å². The van der Waals surface area contributed by atoms with Gasteiger partial charge in [0.05, 0.1) is 6.42 Å². The first kappa shape index (κ1) is 15.0. The number of carboxylic acids is 1. The van der Waals surface area contributed by atoms with E-state index in [0.29, 0.717) is 0 Å². The summed E-state index contributed by atoms with van der Waals surface area (Å²) >= 11 is 0. The number of nitrogens with zero attached hydrogens (tertiary/aromatic N) is 1. The maximum atomic E-state index is 11.3. The summed E-state index contributed by atoms with van der Waals surface area (Å²) in [6.45, 7) is 8.34. The van der Waals surface area contributed by atoms with E-state index >= 15 is 0 Å². The Labute approximate surface area is 121 Å². The standard InChI is InChI=1S/C17H25NO2/c1-12-9-13(2)17(14(3)10-12)15(11-16(19)20)18-7-5-4-6-8-18/h9-10,15H,4-8,11H2,1-3H3,(H,19,20). The van der Waals surface area contributed by atoms with Gasteiger partial charge in [0.25, 0.3) is 0 Å². The molecule has 1 atom stereocenters. The van der Waals surface area contributed by atoms with Crippen molar-refractivity contribution in [1.82, 2.24) is 4.90 Å². The molecule has 0 amide bonds. The van der Waals surface area contributed by atoms with E-state index in [-0.39, 0.29) is 12.5 Å². The fourth-order valence-electron chi connectivity index (χ4n) is 3.53. The minimum absolute atomic E-state index is 0.0217. The predicted molar refractivity (Wildman–Crippen MR) is 81.1 cm³/mol. The van der Waals surface area contributed by atoms with E-state index in [1.54, 1.807) is 0 Å². The molecule has 0 spiro atoms. The quantitative estimate of drug-likeness (QED) is 0.912. The van der Waals surface area contributed by atoms with Crippen molar-refractivity contribution in [2.45, 2.75) is 52.5 Å². The lowest BCUT2D eigenvalue weighted by Gasteiger charge is -2.35. The normalized spacial score (nSPS) is 17.9. The van der Waals surface area contributed by atoms with Crippen molar-refractivity contribution >= 4 is 5.97 Å². The number of likely N-dealkylation sites (tertiary alicyclic amines) is 1. The van der Waals surface area contributed by atoms with Crippen LogP contribution >= 0.6 is 0 Å². The molecule has 110 valence electrons. The summed E-state index contributed by atoms with van der Waals surface area (Å²) in [6.07, 6.45) is 3.83. The Hall–Kier alpha value is -1.35. The second-order valence-corrected chi connectivity index (χ2v) is 6.02. The Kier molecular flexibility index (Phi) is 4.81. The Morgan fingerprint density at radius 3 is 2.20 bits per heavy atom. The predicted octanol–water partition coefficient (Wildman–Crippen LogP) is 3.61. The first-order chi connectivity index (χ1) is 9.49. The SMILES string of the molecule is Cc1cc(C)c(C(CC(=O)O)N2CCCCC2)c(C)c1. The summed E-state index contributed by atoms with van der Waals surface area (Å²) in [4.78, 5) is 13.7. The summed E-state index contributed by atoms with van der Waals surface area (Å²) < 4.78 is 0. The molecule has 3 heteroatoms. The maximum absolute atomic E-state index is 11.3. The highest BCUT2D eigenvalue weighted by Gasteiger charge is 2.27. The van der Waals surface area contributed by atoms with Gasteiger partial charge in [-0.1, -0.05) is 24.1 Å². The fraction of sp³-hybridized carbons (Fsp3) is 0.588. The fourth-order valence-corrected chi connectivity index (χ4v) is 3.53. The summed E-state index contributed by atoms with van der Waals surface area (Å²) in [5, 5.41) is 9.29. The molecule has 0 bridgehead atoms. The van der Waals surface area contributed by atoms with Crippen LogP contribution in [0.1, 0.15) is 54.0 Å². The number of aryl methyl sites for hydroxylation is 3. The minimum atomic E-state index is -0.708. The Morgan fingerprint density at radius 1 is 1.15 bits per heavy atom. The molecule has 0 aromatic heterocycles. The number of hydrogen-bond donors (Lipinski definition) is 1. The molecule has 1 aromatic carbocycles. The van der Waals surface area contributed by atoms with Crippen molar-refractivity contribution < 1.29 is 9.90 Å². The van der Waals surface area contributed by atoms with Crippen LogP contribution in [0.5, 0.6) is 0 Å². The molecule has 1 N–H and O–H groups in total. The molecule has 20 heavy (non-hydrogen) atoms. The molecule has 1 unspecified atom stereocenters.